The largest absolute Gasteiger partial charge is 0.330 e. The molecule has 4 heteroatoms. The average Bonchev–Trinajstić information content (AvgIpc) is 2.52. The second-order valence-electron chi connectivity index (χ2n) is 3.14. The van der Waals surface area contributed by atoms with E-state index in [0.717, 1.165) is 52.1 Å². The van der Waals surface area contributed by atoms with Gasteiger partial charge in [0, 0.05) is 0 Å². The summed E-state index contributed by atoms with van der Waals surface area (Å²) in [6.45, 7) is 17.8. The van der Waals surface area contributed by atoms with Crippen LogP contribution in [0.5, 0.6) is 0 Å². The van der Waals surface area contributed by atoms with Gasteiger partial charge in [-0.05, 0) is 58.5 Å². The van der Waals surface area contributed by atoms with E-state index in [-0.39, 0.29) is 0 Å². The van der Waals surface area contributed by atoms with Crippen LogP contribution < -0.4 is 22.1 Å². The van der Waals surface area contributed by atoms with E-state index in [0.29, 0.717) is 0 Å². The molecule has 6 N–H and O–H groups in total. The summed E-state index contributed by atoms with van der Waals surface area (Å²) < 4.78 is 0. The Balaban J connectivity index is -0.000000163. The van der Waals surface area contributed by atoms with Crippen molar-refractivity contribution in [1.29, 1.82) is 0 Å². The second kappa shape index (κ2) is 43.1. The zero-order chi connectivity index (χ0) is 15.8. The highest BCUT2D eigenvalue weighted by Gasteiger charge is 1.88. The summed E-state index contributed by atoms with van der Waals surface area (Å²) in [6.07, 6.45) is 3.32. The van der Waals surface area contributed by atoms with E-state index >= 15 is 0 Å². The van der Waals surface area contributed by atoms with Gasteiger partial charge in [-0.2, -0.15) is 0 Å². The smallest absolute Gasteiger partial charge is 0.00368 e. The summed E-state index contributed by atoms with van der Waals surface area (Å²) in [4.78, 5) is 0. The van der Waals surface area contributed by atoms with Crippen molar-refractivity contribution < 1.29 is 0 Å². The van der Waals surface area contributed by atoms with Gasteiger partial charge in [0.15, 0.2) is 0 Å². The van der Waals surface area contributed by atoms with Crippen molar-refractivity contribution in [1.82, 2.24) is 10.6 Å². The van der Waals surface area contributed by atoms with E-state index in [9.17, 15) is 0 Å². The van der Waals surface area contributed by atoms with Crippen LogP contribution in [0.1, 0.15) is 60.8 Å². The molecule has 0 aromatic carbocycles. The number of rotatable bonds is 10. The third-order valence-electron chi connectivity index (χ3n) is 1.82. The van der Waals surface area contributed by atoms with Gasteiger partial charge in [-0.15, -0.1) is 0 Å². The number of hydrogen-bond donors (Lipinski definition) is 4. The van der Waals surface area contributed by atoms with E-state index in [1.54, 1.807) is 0 Å². The third kappa shape index (κ3) is 46.2. The SMILES string of the molecule is CC.CC.CC.NCCCNCCCNCCCN. The van der Waals surface area contributed by atoms with E-state index in [4.69, 9.17) is 11.5 Å². The van der Waals surface area contributed by atoms with Gasteiger partial charge in [0.05, 0.1) is 0 Å². The Morgan fingerprint density at radius 2 is 0.789 bits per heavy atom. The van der Waals surface area contributed by atoms with Crippen LogP contribution in [0.2, 0.25) is 0 Å². The molecule has 0 aromatic heterocycles. The van der Waals surface area contributed by atoms with Gasteiger partial charge in [0.1, 0.15) is 0 Å². The van der Waals surface area contributed by atoms with Crippen LogP contribution in [0.4, 0.5) is 0 Å². The molecule has 0 aliphatic heterocycles. The quantitative estimate of drug-likeness (QED) is 0.463. The summed E-state index contributed by atoms with van der Waals surface area (Å²) in [5.41, 5.74) is 10.7. The van der Waals surface area contributed by atoms with E-state index in [2.05, 4.69) is 10.6 Å². The zero-order valence-corrected chi connectivity index (χ0v) is 14.5. The van der Waals surface area contributed by atoms with Crippen molar-refractivity contribution >= 4 is 0 Å². The maximum atomic E-state index is 5.36. The Labute approximate surface area is 123 Å². The molecule has 0 atom stereocenters. The molecular formula is C15H42N4. The summed E-state index contributed by atoms with van der Waals surface area (Å²) >= 11 is 0. The van der Waals surface area contributed by atoms with Gasteiger partial charge in [-0.1, -0.05) is 41.5 Å². The van der Waals surface area contributed by atoms with Crippen LogP contribution in [0.25, 0.3) is 0 Å². The fourth-order valence-corrected chi connectivity index (χ4v) is 1.04. The lowest BCUT2D eigenvalue weighted by Crippen LogP contribution is -2.25. The minimum Gasteiger partial charge on any atom is -0.330 e. The maximum Gasteiger partial charge on any atom is -0.00368 e. The predicted octanol–water partition coefficient (Wildman–Crippen LogP) is 2.33. The van der Waals surface area contributed by atoms with Crippen molar-refractivity contribution in [3.05, 3.63) is 0 Å². The summed E-state index contributed by atoms with van der Waals surface area (Å²) in [7, 11) is 0. The first-order valence-corrected chi connectivity index (χ1v) is 8.23. The molecule has 0 fully saturated rings. The molecule has 0 aromatic rings. The van der Waals surface area contributed by atoms with E-state index in [1.807, 2.05) is 41.5 Å². The molecule has 0 aliphatic rings. The third-order valence-corrected chi connectivity index (χ3v) is 1.82. The van der Waals surface area contributed by atoms with Crippen LogP contribution in [0, 0.1) is 0 Å². The number of hydrogen-bond acceptors (Lipinski definition) is 4. The topological polar surface area (TPSA) is 76.1 Å². The molecule has 0 bridgehead atoms. The van der Waals surface area contributed by atoms with Crippen LogP contribution in [0.3, 0.4) is 0 Å². The lowest BCUT2D eigenvalue weighted by molar-refractivity contribution is 0.579. The fraction of sp³-hybridized carbons (Fsp3) is 1.00. The van der Waals surface area contributed by atoms with Crippen LogP contribution >= 0.6 is 0 Å². The van der Waals surface area contributed by atoms with Crippen LogP contribution in [-0.4, -0.2) is 39.3 Å². The van der Waals surface area contributed by atoms with E-state index in [1.165, 1.54) is 6.42 Å². The highest BCUT2D eigenvalue weighted by atomic mass is 14.9. The van der Waals surface area contributed by atoms with Gasteiger partial charge in [-0.3, -0.25) is 0 Å². The molecule has 0 unspecified atom stereocenters. The molecule has 0 heterocycles. The highest BCUT2D eigenvalue weighted by Crippen LogP contribution is 1.76. The van der Waals surface area contributed by atoms with Crippen molar-refractivity contribution in [2.75, 3.05) is 39.3 Å². The Kier molecular flexibility index (Phi) is 61.7. The summed E-state index contributed by atoms with van der Waals surface area (Å²) in [5, 5.41) is 6.67. The average molecular weight is 279 g/mol. The molecule has 0 saturated heterocycles. The lowest BCUT2D eigenvalue weighted by atomic mass is 10.3. The molecule has 0 spiro atoms. The maximum absolute atomic E-state index is 5.36. The van der Waals surface area contributed by atoms with Crippen molar-refractivity contribution in [2.45, 2.75) is 60.8 Å². The molecule has 0 amide bonds. The monoisotopic (exact) mass is 278 g/mol. The molecule has 0 rings (SSSR count). The molecule has 0 saturated carbocycles. The number of nitrogens with two attached hydrogens (primary N) is 2. The molecule has 19 heavy (non-hydrogen) atoms. The Morgan fingerprint density at radius 3 is 1.05 bits per heavy atom. The van der Waals surface area contributed by atoms with Crippen LogP contribution in [-0.2, 0) is 0 Å². The minimum absolute atomic E-state index is 0.780. The Hall–Kier alpha value is -0.160. The predicted molar refractivity (Wildman–Crippen MR) is 91.7 cm³/mol. The van der Waals surface area contributed by atoms with Gasteiger partial charge in [0.2, 0.25) is 0 Å². The first-order chi connectivity index (χ1) is 9.41. The van der Waals surface area contributed by atoms with Crippen molar-refractivity contribution in [2.24, 2.45) is 11.5 Å². The molecular weight excluding hydrogens is 236 g/mol. The minimum atomic E-state index is 0.780. The Morgan fingerprint density at radius 1 is 0.526 bits per heavy atom. The van der Waals surface area contributed by atoms with Crippen LogP contribution in [0.15, 0.2) is 0 Å². The molecule has 4 nitrogen and oxygen atoms in total. The zero-order valence-electron chi connectivity index (χ0n) is 14.5. The van der Waals surface area contributed by atoms with E-state index < -0.39 is 0 Å². The second-order valence-corrected chi connectivity index (χ2v) is 3.14. The fourth-order valence-electron chi connectivity index (χ4n) is 1.04. The lowest BCUT2D eigenvalue weighted by Gasteiger charge is -2.04. The molecule has 122 valence electrons. The van der Waals surface area contributed by atoms with Gasteiger partial charge in [0.25, 0.3) is 0 Å². The van der Waals surface area contributed by atoms with Crippen molar-refractivity contribution in [3.8, 4) is 0 Å². The standard InChI is InChI=1S/C9H24N4.3C2H6/c10-4-1-6-12-8-3-9-13-7-2-5-11;3*1-2/h12-13H,1-11H2;3*1-2H3. The molecule has 0 aliphatic carbocycles. The van der Waals surface area contributed by atoms with Gasteiger partial charge < -0.3 is 22.1 Å². The number of nitrogens with one attached hydrogen (secondary N) is 2. The first-order valence-electron chi connectivity index (χ1n) is 8.23. The first kappa shape index (κ1) is 27.2. The molecule has 0 radical (unpaired) electrons. The van der Waals surface area contributed by atoms with Gasteiger partial charge in [-0.25, -0.2) is 0 Å². The normalized spacial score (nSPS) is 8.21. The Bertz CT molecular complexity index is 80.2. The summed E-state index contributed by atoms with van der Waals surface area (Å²) in [5.74, 6) is 0. The highest BCUT2D eigenvalue weighted by molar-refractivity contribution is 4.52. The summed E-state index contributed by atoms with van der Waals surface area (Å²) in [6, 6.07) is 0. The van der Waals surface area contributed by atoms with Gasteiger partial charge >= 0.3 is 0 Å². The van der Waals surface area contributed by atoms with Crippen molar-refractivity contribution in [3.63, 3.8) is 0 Å².